The van der Waals surface area contributed by atoms with Crippen LogP contribution in [0.25, 0.3) is 22.5 Å². The van der Waals surface area contributed by atoms with Crippen molar-refractivity contribution in [3.8, 4) is 22.5 Å². The van der Waals surface area contributed by atoms with Gasteiger partial charge >= 0.3 is 6.18 Å². The predicted molar refractivity (Wildman–Crippen MR) is 118 cm³/mol. The zero-order valence-corrected chi connectivity index (χ0v) is 17.9. The van der Waals surface area contributed by atoms with Crippen molar-refractivity contribution in [1.82, 2.24) is 20.6 Å². The van der Waals surface area contributed by atoms with E-state index < -0.39 is 12.5 Å². The maximum Gasteiger partial charge on any atom is 0.446 e. The number of aromatic amines is 1. The van der Waals surface area contributed by atoms with Gasteiger partial charge in [-0.05, 0) is 43.2 Å². The SMILES string of the molecule is O=C(NC1CC1)c1ccc(-c2cc(-c3cc4c([nH]3)CCNC4=O)ccn2)cc1.O=CC(F)(F)F. The molecule has 2 aromatic heterocycles. The maximum atomic E-state index is 12.1. The van der Waals surface area contributed by atoms with Gasteiger partial charge in [0.15, 0.2) is 0 Å². The highest BCUT2D eigenvalue weighted by atomic mass is 19.4. The van der Waals surface area contributed by atoms with Gasteiger partial charge in [-0.1, -0.05) is 12.1 Å². The van der Waals surface area contributed by atoms with E-state index in [0.29, 0.717) is 23.7 Å². The second-order valence-electron chi connectivity index (χ2n) is 8.00. The normalized spacial score (nSPS) is 14.9. The van der Waals surface area contributed by atoms with Crippen molar-refractivity contribution < 1.29 is 27.6 Å². The number of benzene rings is 1. The topological polar surface area (TPSA) is 104 Å². The lowest BCUT2D eigenvalue weighted by molar-refractivity contribution is -0.156. The number of carbonyl (C=O) groups excluding carboxylic acids is 3. The lowest BCUT2D eigenvalue weighted by atomic mass is 10.0. The van der Waals surface area contributed by atoms with Crippen LogP contribution < -0.4 is 10.6 Å². The van der Waals surface area contributed by atoms with Gasteiger partial charge in [-0.3, -0.25) is 19.4 Å². The van der Waals surface area contributed by atoms with Gasteiger partial charge in [0, 0.05) is 53.3 Å². The van der Waals surface area contributed by atoms with Crippen molar-refractivity contribution >= 4 is 18.1 Å². The number of nitrogens with one attached hydrogen (secondary N) is 3. The molecule has 3 heterocycles. The summed E-state index contributed by atoms with van der Waals surface area (Å²) in [5, 5.41) is 5.86. The number of H-pyrrole nitrogens is 1. The first-order valence-electron chi connectivity index (χ1n) is 10.6. The summed E-state index contributed by atoms with van der Waals surface area (Å²) in [4.78, 5) is 40.7. The predicted octanol–water partition coefficient (Wildman–Crippen LogP) is 3.67. The average Bonchev–Trinajstić information content (AvgIpc) is 3.53. The standard InChI is InChI=1S/C22H20N4O2.C2HF3O/c27-21(25-16-5-6-16)14-3-1-13(2-4-14)19-11-15(7-9-23-19)20-12-17-18(26-20)8-10-24-22(17)28;3-2(4,5)1-6/h1-4,7,9,11-12,16,26H,5-6,8,10H2,(H,24,28)(H,25,27);1H. The largest absolute Gasteiger partial charge is 0.446 e. The third-order valence-electron chi connectivity index (χ3n) is 5.36. The maximum absolute atomic E-state index is 12.1. The van der Waals surface area contributed by atoms with Gasteiger partial charge in [0.25, 0.3) is 11.8 Å². The summed E-state index contributed by atoms with van der Waals surface area (Å²) in [7, 11) is 0. The van der Waals surface area contributed by atoms with Gasteiger partial charge in [0.05, 0.1) is 11.3 Å². The summed E-state index contributed by atoms with van der Waals surface area (Å²) < 4.78 is 31.2. The van der Waals surface area contributed by atoms with Crippen molar-refractivity contribution in [1.29, 1.82) is 0 Å². The van der Waals surface area contributed by atoms with E-state index in [1.165, 1.54) is 0 Å². The van der Waals surface area contributed by atoms with E-state index >= 15 is 0 Å². The van der Waals surface area contributed by atoms with Crippen LogP contribution in [0.2, 0.25) is 0 Å². The molecule has 1 fully saturated rings. The molecule has 1 aliphatic carbocycles. The zero-order valence-electron chi connectivity index (χ0n) is 17.9. The molecule has 0 bridgehead atoms. The molecule has 3 N–H and O–H groups in total. The van der Waals surface area contributed by atoms with E-state index in [0.717, 1.165) is 47.5 Å². The fraction of sp³-hybridized carbons (Fsp3) is 0.250. The van der Waals surface area contributed by atoms with Gasteiger partial charge in [-0.25, -0.2) is 0 Å². The van der Waals surface area contributed by atoms with Gasteiger partial charge in [0.2, 0.25) is 6.29 Å². The van der Waals surface area contributed by atoms with Crippen molar-refractivity contribution in [2.75, 3.05) is 6.54 Å². The molecule has 0 atom stereocenters. The number of hydrogen-bond acceptors (Lipinski definition) is 4. The number of alkyl halides is 3. The first-order chi connectivity index (χ1) is 16.2. The number of halogens is 3. The fourth-order valence-electron chi connectivity index (χ4n) is 3.49. The Morgan fingerprint density at radius 2 is 1.79 bits per heavy atom. The zero-order chi connectivity index (χ0) is 24.3. The molecule has 34 heavy (non-hydrogen) atoms. The molecule has 176 valence electrons. The first-order valence-corrected chi connectivity index (χ1v) is 10.6. The highest BCUT2D eigenvalue weighted by Gasteiger charge is 2.25. The number of pyridine rings is 1. The van der Waals surface area contributed by atoms with E-state index in [9.17, 15) is 22.8 Å². The minimum atomic E-state index is -4.64. The van der Waals surface area contributed by atoms with E-state index in [1.54, 1.807) is 6.20 Å². The molecule has 10 heteroatoms. The fourth-order valence-corrected chi connectivity index (χ4v) is 3.49. The first kappa shape index (κ1) is 23.2. The molecule has 0 saturated heterocycles. The van der Waals surface area contributed by atoms with Crippen molar-refractivity contribution in [3.05, 3.63) is 65.5 Å². The molecular formula is C24H21F3N4O3. The van der Waals surface area contributed by atoms with Crippen LogP contribution in [0.1, 0.15) is 39.3 Å². The van der Waals surface area contributed by atoms with E-state index in [4.69, 9.17) is 4.79 Å². The Balaban J connectivity index is 0.000000408. The van der Waals surface area contributed by atoms with Gasteiger partial charge in [-0.2, -0.15) is 13.2 Å². The molecule has 1 saturated carbocycles. The van der Waals surface area contributed by atoms with Gasteiger partial charge < -0.3 is 15.6 Å². The number of amides is 2. The van der Waals surface area contributed by atoms with Crippen LogP contribution in [0.3, 0.4) is 0 Å². The third kappa shape index (κ3) is 5.69. The Labute approximate surface area is 192 Å². The van der Waals surface area contributed by atoms with E-state index in [-0.39, 0.29) is 11.8 Å². The number of fused-ring (bicyclic) bond motifs is 1. The van der Waals surface area contributed by atoms with Crippen molar-refractivity contribution in [2.45, 2.75) is 31.5 Å². The number of hydrogen-bond donors (Lipinski definition) is 3. The monoisotopic (exact) mass is 470 g/mol. The minimum Gasteiger partial charge on any atom is -0.358 e. The molecule has 1 aromatic carbocycles. The lowest BCUT2D eigenvalue weighted by Gasteiger charge is -2.11. The highest BCUT2D eigenvalue weighted by Crippen LogP contribution is 2.27. The second-order valence-corrected chi connectivity index (χ2v) is 8.00. The summed E-state index contributed by atoms with van der Waals surface area (Å²) in [6.07, 6.45) is -0.983. The number of carbonyl (C=O) groups is 3. The molecule has 0 unspecified atom stereocenters. The van der Waals surface area contributed by atoms with Crippen LogP contribution in [0.4, 0.5) is 13.2 Å². The molecule has 5 rings (SSSR count). The smallest absolute Gasteiger partial charge is 0.358 e. The van der Waals surface area contributed by atoms with Crippen LogP contribution in [-0.4, -0.2) is 46.8 Å². The second kappa shape index (κ2) is 9.50. The number of nitrogens with zero attached hydrogens (tertiary/aromatic N) is 1. The van der Waals surface area contributed by atoms with Crippen LogP contribution in [0, 0.1) is 0 Å². The van der Waals surface area contributed by atoms with Crippen LogP contribution >= 0.6 is 0 Å². The van der Waals surface area contributed by atoms with Crippen LogP contribution in [0.5, 0.6) is 0 Å². The van der Waals surface area contributed by atoms with Crippen molar-refractivity contribution in [3.63, 3.8) is 0 Å². The van der Waals surface area contributed by atoms with E-state index in [1.807, 2.05) is 42.5 Å². The molecule has 7 nitrogen and oxygen atoms in total. The summed E-state index contributed by atoms with van der Waals surface area (Å²) in [6, 6.07) is 13.7. The Kier molecular flexibility index (Phi) is 6.49. The average molecular weight is 470 g/mol. The summed E-state index contributed by atoms with van der Waals surface area (Å²) in [5.74, 6) is -0.0518. The highest BCUT2D eigenvalue weighted by molar-refractivity contribution is 5.98. The van der Waals surface area contributed by atoms with Gasteiger partial charge in [0.1, 0.15) is 0 Å². The molecule has 3 aromatic rings. The van der Waals surface area contributed by atoms with Crippen LogP contribution in [0.15, 0.2) is 48.7 Å². The Morgan fingerprint density at radius 1 is 1.09 bits per heavy atom. The van der Waals surface area contributed by atoms with Gasteiger partial charge in [-0.15, -0.1) is 0 Å². The number of aldehydes is 1. The Bertz CT molecular complexity index is 1210. The number of rotatable bonds is 4. The molecular weight excluding hydrogens is 449 g/mol. The summed E-state index contributed by atoms with van der Waals surface area (Å²) >= 11 is 0. The molecule has 0 spiro atoms. The lowest BCUT2D eigenvalue weighted by Crippen LogP contribution is -2.31. The Hall–Kier alpha value is -3.95. The molecule has 0 radical (unpaired) electrons. The summed E-state index contributed by atoms with van der Waals surface area (Å²) in [6.45, 7) is 0.661. The third-order valence-corrected chi connectivity index (χ3v) is 5.36. The molecule has 2 aliphatic rings. The summed E-state index contributed by atoms with van der Waals surface area (Å²) in [5.41, 5.74) is 6.00. The Morgan fingerprint density at radius 3 is 2.41 bits per heavy atom. The minimum absolute atomic E-state index is 0.0222. The molecule has 1 aliphatic heterocycles. The van der Waals surface area contributed by atoms with Crippen LogP contribution in [-0.2, 0) is 11.2 Å². The van der Waals surface area contributed by atoms with Crippen molar-refractivity contribution in [2.24, 2.45) is 0 Å². The molecule has 2 amide bonds. The van der Waals surface area contributed by atoms with E-state index in [2.05, 4.69) is 20.6 Å². The number of aromatic nitrogens is 2. The quantitative estimate of drug-likeness (QED) is 0.506.